The number of carbonyl (C=O) groups is 1. The van der Waals surface area contributed by atoms with E-state index in [4.69, 9.17) is 0 Å². The van der Waals surface area contributed by atoms with Crippen molar-refractivity contribution in [3.05, 3.63) is 58.7 Å². The van der Waals surface area contributed by atoms with Gasteiger partial charge < -0.3 is 15.0 Å². The van der Waals surface area contributed by atoms with E-state index in [0.717, 1.165) is 23.3 Å². The molecule has 3 aromatic rings. The van der Waals surface area contributed by atoms with Crippen molar-refractivity contribution < 1.29 is 23.1 Å². The Morgan fingerprint density at radius 2 is 2.04 bits per heavy atom. The van der Waals surface area contributed by atoms with Gasteiger partial charge in [0.2, 0.25) is 5.95 Å². The van der Waals surface area contributed by atoms with Gasteiger partial charge in [0.05, 0.1) is 22.1 Å². The fourth-order valence-corrected chi connectivity index (χ4v) is 3.82. The van der Waals surface area contributed by atoms with Crippen molar-refractivity contribution in [3.63, 3.8) is 0 Å². The summed E-state index contributed by atoms with van der Waals surface area (Å²) in [5, 5.41) is 9.25. The fourth-order valence-electron chi connectivity index (χ4n) is 3.82. The van der Waals surface area contributed by atoms with Crippen LogP contribution in [0.15, 0.2) is 36.4 Å². The molecule has 0 unspecified atom stereocenters. The van der Waals surface area contributed by atoms with Gasteiger partial charge >= 0.3 is 6.18 Å². The Bertz CT molecular complexity index is 1090. The van der Waals surface area contributed by atoms with Gasteiger partial charge in [-0.15, -0.1) is 0 Å². The first-order chi connectivity index (χ1) is 13.1. The van der Waals surface area contributed by atoms with Crippen molar-refractivity contribution in [2.75, 3.05) is 11.5 Å². The molecule has 0 fully saturated rings. The summed E-state index contributed by atoms with van der Waals surface area (Å²) in [5.74, 6) is 0.0619. The summed E-state index contributed by atoms with van der Waals surface area (Å²) in [7, 11) is 0. The van der Waals surface area contributed by atoms with Gasteiger partial charge in [-0.25, -0.2) is 4.98 Å². The van der Waals surface area contributed by atoms with Crippen LogP contribution in [-0.2, 0) is 18.3 Å². The normalized spacial score (nSPS) is 15.9. The van der Waals surface area contributed by atoms with Crippen molar-refractivity contribution in [3.8, 4) is 0 Å². The summed E-state index contributed by atoms with van der Waals surface area (Å²) in [6.45, 7) is 3.69. The first-order valence-corrected chi connectivity index (χ1v) is 8.74. The third kappa shape index (κ3) is 2.75. The molecule has 1 aliphatic heterocycles. The van der Waals surface area contributed by atoms with E-state index in [0.29, 0.717) is 29.1 Å². The van der Waals surface area contributed by atoms with E-state index < -0.39 is 23.9 Å². The quantitative estimate of drug-likeness (QED) is 0.664. The molecule has 5 nitrogen and oxygen atoms in total. The van der Waals surface area contributed by atoms with Crippen molar-refractivity contribution in [2.45, 2.75) is 32.1 Å². The number of aromatic amines is 1. The molecule has 2 heterocycles. The number of carbonyl (C=O) groups excluding carboxylic acids is 1. The largest absolute Gasteiger partial charge is 0.416 e. The topological polar surface area (TPSA) is 69.2 Å². The third-order valence-electron chi connectivity index (χ3n) is 5.32. The van der Waals surface area contributed by atoms with Gasteiger partial charge in [-0.1, -0.05) is 18.2 Å². The molecule has 146 valence electrons. The zero-order valence-electron chi connectivity index (χ0n) is 15.3. The molecule has 0 radical (unpaired) electrons. The summed E-state index contributed by atoms with van der Waals surface area (Å²) in [6.07, 6.45) is -4.43. The maximum Gasteiger partial charge on any atom is 0.416 e. The number of Topliss-reactive ketones (excluding diaryl/α,β-unsaturated/α-hetero) is 1. The maximum absolute atomic E-state index is 13.0. The van der Waals surface area contributed by atoms with Crippen LogP contribution >= 0.6 is 0 Å². The number of hydrogen-bond acceptors (Lipinski definition) is 4. The standard InChI is InChI=1S/C20H18F3N3O2/c1-19(2)14-5-3-4-12(17(28)10-27)13(14)9-26(19)18-24-15-7-6-11(20(21,22)23)8-16(15)25-18/h3-8,27H,9-10H2,1-2H3,(H,24,25). The van der Waals surface area contributed by atoms with Crippen molar-refractivity contribution in [1.29, 1.82) is 0 Å². The van der Waals surface area contributed by atoms with Crippen LogP contribution in [0.4, 0.5) is 19.1 Å². The molecular formula is C20H18F3N3O2. The maximum atomic E-state index is 13.0. The van der Waals surface area contributed by atoms with Crippen LogP contribution in [0, 0.1) is 0 Å². The highest BCUT2D eigenvalue weighted by molar-refractivity contribution is 5.99. The molecule has 0 saturated carbocycles. The number of fused-ring (bicyclic) bond motifs is 2. The van der Waals surface area contributed by atoms with Crippen molar-refractivity contribution >= 4 is 22.8 Å². The molecule has 0 amide bonds. The van der Waals surface area contributed by atoms with E-state index in [9.17, 15) is 23.1 Å². The summed E-state index contributed by atoms with van der Waals surface area (Å²) >= 11 is 0. The molecular weight excluding hydrogens is 371 g/mol. The molecule has 4 rings (SSSR count). The predicted octanol–water partition coefficient (Wildman–Crippen LogP) is 4.01. The summed E-state index contributed by atoms with van der Waals surface area (Å²) in [6, 6.07) is 8.74. The van der Waals surface area contributed by atoms with E-state index in [1.165, 1.54) is 6.07 Å². The lowest BCUT2D eigenvalue weighted by Crippen LogP contribution is -2.36. The van der Waals surface area contributed by atoms with Crippen LogP contribution in [0.5, 0.6) is 0 Å². The zero-order chi connectivity index (χ0) is 20.3. The highest BCUT2D eigenvalue weighted by Gasteiger charge is 2.40. The number of aromatic nitrogens is 2. The molecule has 2 N–H and O–H groups in total. The van der Waals surface area contributed by atoms with Crippen molar-refractivity contribution in [2.24, 2.45) is 0 Å². The molecule has 1 aliphatic rings. The molecule has 0 spiro atoms. The van der Waals surface area contributed by atoms with Gasteiger partial charge in [-0.2, -0.15) is 13.2 Å². The highest BCUT2D eigenvalue weighted by atomic mass is 19.4. The van der Waals surface area contributed by atoms with Gasteiger partial charge in [-0.3, -0.25) is 4.79 Å². The Morgan fingerprint density at radius 3 is 2.71 bits per heavy atom. The molecule has 0 bridgehead atoms. The Balaban J connectivity index is 1.79. The zero-order valence-corrected chi connectivity index (χ0v) is 15.3. The minimum absolute atomic E-state index is 0.295. The number of H-pyrrole nitrogens is 1. The van der Waals surface area contributed by atoms with Crippen LogP contribution in [0.25, 0.3) is 11.0 Å². The molecule has 1 aromatic heterocycles. The summed E-state index contributed by atoms with van der Waals surface area (Å²) in [5.41, 5.74) is 1.61. The van der Waals surface area contributed by atoms with Gasteiger partial charge in [0.15, 0.2) is 5.78 Å². The fraction of sp³-hybridized carbons (Fsp3) is 0.300. The second kappa shape index (κ2) is 6.07. The number of rotatable bonds is 3. The Kier molecular flexibility index (Phi) is 4.01. The van der Waals surface area contributed by atoms with E-state index in [1.807, 2.05) is 24.8 Å². The third-order valence-corrected chi connectivity index (χ3v) is 5.32. The smallest absolute Gasteiger partial charge is 0.388 e. The van der Waals surface area contributed by atoms with Gasteiger partial charge in [0.1, 0.15) is 6.61 Å². The van der Waals surface area contributed by atoms with Crippen LogP contribution in [0.2, 0.25) is 0 Å². The number of alkyl halides is 3. The number of imidazole rings is 1. The SMILES string of the molecule is CC1(C)c2cccc(C(=O)CO)c2CN1c1nc2ccc(C(F)(F)F)cc2[nH]1. The van der Waals surface area contributed by atoms with E-state index >= 15 is 0 Å². The summed E-state index contributed by atoms with van der Waals surface area (Å²) < 4.78 is 38.9. The second-order valence-electron chi connectivity index (χ2n) is 7.35. The first-order valence-electron chi connectivity index (χ1n) is 8.74. The minimum Gasteiger partial charge on any atom is -0.388 e. The van der Waals surface area contributed by atoms with E-state index in [2.05, 4.69) is 9.97 Å². The number of ketones is 1. The number of nitrogens with one attached hydrogen (secondary N) is 1. The van der Waals surface area contributed by atoms with Gasteiger partial charge in [0, 0.05) is 12.1 Å². The average molecular weight is 389 g/mol. The monoisotopic (exact) mass is 389 g/mol. The number of hydrogen-bond donors (Lipinski definition) is 2. The molecule has 8 heteroatoms. The summed E-state index contributed by atoms with van der Waals surface area (Å²) in [4.78, 5) is 21.5. The number of halogens is 3. The number of anilines is 1. The first kappa shape index (κ1) is 18.5. The van der Waals surface area contributed by atoms with Crippen LogP contribution in [0.1, 0.15) is 40.9 Å². The molecule has 0 saturated heterocycles. The van der Waals surface area contributed by atoms with Gasteiger partial charge in [-0.05, 0) is 43.2 Å². The molecule has 2 aromatic carbocycles. The lowest BCUT2D eigenvalue weighted by atomic mass is 9.91. The van der Waals surface area contributed by atoms with Crippen LogP contribution in [-0.4, -0.2) is 27.5 Å². The molecule has 0 atom stereocenters. The molecule has 28 heavy (non-hydrogen) atoms. The van der Waals surface area contributed by atoms with E-state index in [1.54, 1.807) is 12.1 Å². The van der Waals surface area contributed by atoms with Crippen LogP contribution < -0.4 is 4.90 Å². The Morgan fingerprint density at radius 1 is 1.29 bits per heavy atom. The lowest BCUT2D eigenvalue weighted by molar-refractivity contribution is -0.137. The van der Waals surface area contributed by atoms with Gasteiger partial charge in [0.25, 0.3) is 0 Å². The Labute approximate surface area is 158 Å². The van der Waals surface area contributed by atoms with E-state index in [-0.39, 0.29) is 5.78 Å². The number of nitrogens with zero attached hydrogens (tertiary/aromatic N) is 2. The number of benzene rings is 2. The number of aliphatic hydroxyl groups is 1. The average Bonchev–Trinajstić information content (AvgIpc) is 3.17. The second-order valence-corrected chi connectivity index (χ2v) is 7.35. The van der Waals surface area contributed by atoms with Crippen molar-refractivity contribution in [1.82, 2.24) is 9.97 Å². The highest BCUT2D eigenvalue weighted by Crippen LogP contribution is 2.43. The minimum atomic E-state index is -4.43. The lowest BCUT2D eigenvalue weighted by Gasteiger charge is -2.32. The predicted molar refractivity (Wildman–Crippen MR) is 98.2 cm³/mol. The Hall–Kier alpha value is -2.87. The van der Waals surface area contributed by atoms with Crippen LogP contribution in [0.3, 0.4) is 0 Å². The number of aliphatic hydroxyl groups excluding tert-OH is 1. The molecule has 0 aliphatic carbocycles.